The van der Waals surface area contributed by atoms with Gasteiger partial charge in [0.05, 0.1) is 0 Å². The molecule has 3 N–H and O–H groups in total. The number of carboxylic acids is 1. The second-order valence-corrected chi connectivity index (χ2v) is 7.53. The third kappa shape index (κ3) is 6.59. The third-order valence-corrected chi connectivity index (χ3v) is 4.69. The van der Waals surface area contributed by atoms with Gasteiger partial charge in [-0.15, -0.1) is 0 Å². The van der Waals surface area contributed by atoms with Crippen LogP contribution in [-0.4, -0.2) is 35.0 Å². The first-order chi connectivity index (χ1) is 13.3. The minimum absolute atomic E-state index is 0.0877. The molecule has 0 spiro atoms. The summed E-state index contributed by atoms with van der Waals surface area (Å²) < 4.78 is 14.9. The summed E-state index contributed by atoms with van der Waals surface area (Å²) in [6.45, 7) is 1.24. The Labute approximate surface area is 175 Å². The summed E-state index contributed by atoms with van der Waals surface area (Å²) in [6, 6.07) is 10.9. The Balaban J connectivity index is 2.15. The molecular weight excluding hydrogens is 478 g/mol. The van der Waals surface area contributed by atoms with Crippen molar-refractivity contribution < 1.29 is 23.9 Å². The first kappa shape index (κ1) is 21.8. The minimum Gasteiger partial charge on any atom is -0.480 e. The van der Waals surface area contributed by atoms with E-state index in [1.54, 1.807) is 18.2 Å². The van der Waals surface area contributed by atoms with Crippen molar-refractivity contribution in [1.82, 2.24) is 10.6 Å². The summed E-state index contributed by atoms with van der Waals surface area (Å²) in [7, 11) is 0. The average Bonchev–Trinajstić information content (AvgIpc) is 2.62. The third-order valence-electron chi connectivity index (χ3n) is 4.02. The molecule has 8 heteroatoms. The van der Waals surface area contributed by atoms with Crippen LogP contribution >= 0.6 is 22.6 Å². The van der Waals surface area contributed by atoms with Crippen molar-refractivity contribution >= 4 is 40.4 Å². The van der Waals surface area contributed by atoms with Crippen LogP contribution in [0.25, 0.3) is 0 Å². The molecule has 0 aromatic heterocycles. The first-order valence-electron chi connectivity index (χ1n) is 8.54. The smallest absolute Gasteiger partial charge is 0.326 e. The molecule has 0 saturated heterocycles. The Bertz CT molecular complexity index is 875. The van der Waals surface area contributed by atoms with E-state index in [0.29, 0.717) is 0 Å². The number of hydrogen-bond acceptors (Lipinski definition) is 3. The lowest BCUT2D eigenvalue weighted by Crippen LogP contribution is -2.52. The normalized spacial score (nSPS) is 12.7. The Morgan fingerprint density at radius 3 is 2.36 bits per heavy atom. The van der Waals surface area contributed by atoms with Gasteiger partial charge >= 0.3 is 5.97 Å². The standard InChI is InChI=1S/C20H20FIN2O4/c1-12(25)23-17(11-14-6-2-3-8-16(14)21)19(26)24-18(20(27)28)10-13-5-4-7-15(22)9-13/h2-9,17-18H,10-11H2,1H3,(H,23,25)(H,24,26)(H,27,28)/t17-,18-/m0/s1. The molecule has 28 heavy (non-hydrogen) atoms. The number of aliphatic carboxylic acids is 1. The van der Waals surface area contributed by atoms with Gasteiger partial charge in [0.25, 0.3) is 0 Å². The van der Waals surface area contributed by atoms with E-state index in [4.69, 9.17) is 0 Å². The summed E-state index contributed by atoms with van der Waals surface area (Å²) in [4.78, 5) is 35.8. The fourth-order valence-electron chi connectivity index (χ4n) is 2.71. The largest absolute Gasteiger partial charge is 0.480 e. The zero-order chi connectivity index (χ0) is 20.7. The summed E-state index contributed by atoms with van der Waals surface area (Å²) in [5.74, 6) is -2.85. The Kier molecular flexibility index (Phi) is 7.91. The number of amides is 2. The van der Waals surface area contributed by atoms with Gasteiger partial charge in [-0.2, -0.15) is 0 Å². The molecule has 0 unspecified atom stereocenters. The zero-order valence-electron chi connectivity index (χ0n) is 15.1. The lowest BCUT2D eigenvalue weighted by Gasteiger charge is -2.21. The number of carboxylic acid groups (broad SMARTS) is 1. The van der Waals surface area contributed by atoms with Crippen LogP contribution in [-0.2, 0) is 27.2 Å². The van der Waals surface area contributed by atoms with Crippen molar-refractivity contribution in [2.45, 2.75) is 31.8 Å². The van der Waals surface area contributed by atoms with Crippen molar-refractivity contribution in [3.8, 4) is 0 Å². The number of benzene rings is 2. The van der Waals surface area contributed by atoms with E-state index in [9.17, 15) is 23.9 Å². The van der Waals surface area contributed by atoms with Gasteiger partial charge in [-0.3, -0.25) is 9.59 Å². The number of rotatable bonds is 8. The summed E-state index contributed by atoms with van der Waals surface area (Å²) in [5, 5.41) is 14.4. The number of carbonyl (C=O) groups excluding carboxylic acids is 2. The van der Waals surface area contributed by atoms with Crippen molar-refractivity contribution in [3.63, 3.8) is 0 Å². The van der Waals surface area contributed by atoms with E-state index in [-0.39, 0.29) is 18.4 Å². The van der Waals surface area contributed by atoms with Crippen LogP contribution in [0, 0.1) is 9.39 Å². The van der Waals surface area contributed by atoms with Crippen LogP contribution in [0.2, 0.25) is 0 Å². The number of nitrogens with one attached hydrogen (secondary N) is 2. The molecule has 0 aliphatic rings. The van der Waals surface area contributed by atoms with E-state index in [2.05, 4.69) is 33.2 Å². The summed E-state index contributed by atoms with van der Waals surface area (Å²) >= 11 is 2.12. The molecule has 2 aromatic rings. The molecule has 148 valence electrons. The van der Waals surface area contributed by atoms with E-state index in [1.165, 1.54) is 25.1 Å². The first-order valence-corrected chi connectivity index (χ1v) is 9.62. The molecule has 0 aliphatic heterocycles. The van der Waals surface area contributed by atoms with Crippen LogP contribution in [0.4, 0.5) is 4.39 Å². The molecule has 0 bridgehead atoms. The van der Waals surface area contributed by atoms with Crippen molar-refractivity contribution in [3.05, 3.63) is 69.0 Å². The van der Waals surface area contributed by atoms with E-state index < -0.39 is 35.7 Å². The van der Waals surface area contributed by atoms with Crippen molar-refractivity contribution in [1.29, 1.82) is 0 Å². The SMILES string of the molecule is CC(=O)N[C@@H](Cc1ccccc1F)C(=O)N[C@@H](Cc1cccc(I)c1)C(=O)O. The van der Waals surface area contributed by atoms with Crippen LogP contribution < -0.4 is 10.6 Å². The molecular formula is C20H20FIN2O4. The van der Waals surface area contributed by atoms with E-state index >= 15 is 0 Å². The quantitative estimate of drug-likeness (QED) is 0.487. The second-order valence-electron chi connectivity index (χ2n) is 6.28. The molecule has 2 rings (SSSR count). The minimum atomic E-state index is -1.19. The van der Waals surface area contributed by atoms with Gasteiger partial charge in [0.15, 0.2) is 0 Å². The topological polar surface area (TPSA) is 95.5 Å². The number of hydrogen-bond donors (Lipinski definition) is 3. The van der Waals surface area contributed by atoms with Crippen molar-refractivity contribution in [2.24, 2.45) is 0 Å². The molecule has 0 fully saturated rings. The Morgan fingerprint density at radius 2 is 1.75 bits per heavy atom. The van der Waals surface area contributed by atoms with Crippen LogP contribution in [0.3, 0.4) is 0 Å². The van der Waals surface area contributed by atoms with Gasteiger partial charge in [-0.05, 0) is 51.9 Å². The second kappa shape index (κ2) is 10.2. The molecule has 0 aliphatic carbocycles. The molecule has 2 amide bonds. The van der Waals surface area contributed by atoms with Crippen LogP contribution in [0.1, 0.15) is 18.1 Å². The van der Waals surface area contributed by atoms with Crippen molar-refractivity contribution in [2.75, 3.05) is 0 Å². The molecule has 0 radical (unpaired) electrons. The predicted molar refractivity (Wildman–Crippen MR) is 110 cm³/mol. The number of carbonyl (C=O) groups is 3. The maximum absolute atomic E-state index is 13.9. The summed E-state index contributed by atoms with van der Waals surface area (Å²) in [6.07, 6.45) is -0.00192. The maximum atomic E-state index is 13.9. The van der Waals surface area contributed by atoms with Crippen LogP contribution in [0.15, 0.2) is 48.5 Å². The fraction of sp³-hybridized carbons (Fsp3) is 0.250. The molecule has 0 heterocycles. The van der Waals surface area contributed by atoms with Gasteiger partial charge in [0.1, 0.15) is 17.9 Å². The van der Waals surface area contributed by atoms with E-state index in [0.717, 1.165) is 9.13 Å². The van der Waals surface area contributed by atoms with E-state index in [1.807, 2.05) is 12.1 Å². The highest BCUT2D eigenvalue weighted by molar-refractivity contribution is 14.1. The lowest BCUT2D eigenvalue weighted by molar-refractivity contribution is -0.142. The highest BCUT2D eigenvalue weighted by atomic mass is 127. The molecule has 2 aromatic carbocycles. The van der Waals surface area contributed by atoms with Gasteiger partial charge in [0.2, 0.25) is 11.8 Å². The highest BCUT2D eigenvalue weighted by Gasteiger charge is 2.27. The fourth-order valence-corrected chi connectivity index (χ4v) is 3.32. The Morgan fingerprint density at radius 1 is 1.04 bits per heavy atom. The zero-order valence-corrected chi connectivity index (χ0v) is 17.3. The van der Waals surface area contributed by atoms with Gasteiger partial charge < -0.3 is 15.7 Å². The molecule has 0 saturated carbocycles. The average molecular weight is 498 g/mol. The van der Waals surface area contributed by atoms with Gasteiger partial charge in [-0.25, -0.2) is 9.18 Å². The summed E-state index contributed by atoms with van der Waals surface area (Å²) in [5.41, 5.74) is 1.01. The number of halogens is 2. The van der Waals surface area contributed by atoms with Gasteiger partial charge in [0, 0.05) is 23.3 Å². The maximum Gasteiger partial charge on any atom is 0.326 e. The Hall–Kier alpha value is -2.49. The van der Waals surface area contributed by atoms with Crippen LogP contribution in [0.5, 0.6) is 0 Å². The highest BCUT2D eigenvalue weighted by Crippen LogP contribution is 2.12. The monoisotopic (exact) mass is 498 g/mol. The van der Waals surface area contributed by atoms with Gasteiger partial charge in [-0.1, -0.05) is 30.3 Å². The predicted octanol–water partition coefficient (Wildman–Crippen LogP) is 2.29. The lowest BCUT2D eigenvalue weighted by atomic mass is 10.0. The molecule has 6 nitrogen and oxygen atoms in total. The molecule has 2 atom stereocenters.